The number of rotatable bonds is 5. The molecule has 0 N–H and O–H groups in total. The van der Waals surface area contributed by atoms with Gasteiger partial charge in [-0.3, -0.25) is 14.7 Å². The van der Waals surface area contributed by atoms with Gasteiger partial charge in [-0.15, -0.1) is 10.2 Å². The zero-order chi connectivity index (χ0) is 24.7. The quantitative estimate of drug-likeness (QED) is 0.414. The first-order valence-electron chi connectivity index (χ1n) is 12.3. The Morgan fingerprint density at radius 3 is 2.77 bits per heavy atom. The van der Waals surface area contributed by atoms with Gasteiger partial charge in [0.15, 0.2) is 0 Å². The number of likely N-dealkylation sites (tertiary alicyclic amines) is 1. The minimum Gasteiger partial charge on any atom is -0.463 e. The normalized spacial score (nSPS) is 17.2. The summed E-state index contributed by atoms with van der Waals surface area (Å²) in [5.74, 6) is 1.54. The fourth-order valence-corrected chi connectivity index (χ4v) is 5.38. The summed E-state index contributed by atoms with van der Waals surface area (Å²) in [6.07, 6.45) is 9.33. The summed E-state index contributed by atoms with van der Waals surface area (Å²) in [7, 11) is 1.93. The molecule has 1 fully saturated rings. The molecular formula is C28H33N5O2. The maximum Gasteiger partial charge on any atom is 0.200 e. The van der Waals surface area contributed by atoms with Crippen LogP contribution in [0.3, 0.4) is 0 Å². The fraction of sp³-hybridized carbons (Fsp3) is 0.429. The third-order valence-corrected chi connectivity index (χ3v) is 7.31. The molecule has 0 amide bonds. The highest BCUT2D eigenvalue weighted by molar-refractivity contribution is 5.84. The SMILES string of the molecule is Cc1cc(CN2CCC[C@H](C)C2)cc2c(=O)c(-c3cncc(C(C)(C)c4nncn4C)c3)coc12. The predicted molar refractivity (Wildman–Crippen MR) is 137 cm³/mol. The van der Waals surface area contributed by atoms with Gasteiger partial charge >= 0.3 is 0 Å². The van der Waals surface area contributed by atoms with Crippen LogP contribution in [-0.2, 0) is 19.0 Å². The summed E-state index contributed by atoms with van der Waals surface area (Å²) in [6.45, 7) is 11.6. The van der Waals surface area contributed by atoms with Crippen molar-refractivity contribution in [3.05, 3.63) is 75.9 Å². The molecule has 7 heteroatoms. The Hall–Kier alpha value is -3.32. The lowest BCUT2D eigenvalue weighted by Crippen LogP contribution is -2.33. The molecule has 7 nitrogen and oxygen atoms in total. The molecule has 1 aliphatic rings. The van der Waals surface area contributed by atoms with Gasteiger partial charge in [0.05, 0.1) is 16.4 Å². The minimum absolute atomic E-state index is 0.0290. The van der Waals surface area contributed by atoms with E-state index in [2.05, 4.69) is 46.9 Å². The second-order valence-corrected chi connectivity index (χ2v) is 10.6. The zero-order valence-electron chi connectivity index (χ0n) is 21.2. The number of hydrogen-bond acceptors (Lipinski definition) is 6. The standard InChI is InChI=1S/C28H33N5O2/c1-18-7-6-8-33(14-18)15-20-9-19(2)26-23(10-20)25(34)24(16-35-26)21-11-22(13-29-12-21)28(3,4)27-31-30-17-32(27)5/h9-13,16-18H,6-8,14-15H2,1-5H3/t18-/m0/s1. The molecule has 4 aromatic rings. The Bertz CT molecular complexity index is 1440. The van der Waals surface area contributed by atoms with E-state index in [1.165, 1.54) is 12.8 Å². The molecule has 0 unspecified atom stereocenters. The van der Waals surface area contributed by atoms with E-state index in [4.69, 9.17) is 4.42 Å². The van der Waals surface area contributed by atoms with Gasteiger partial charge in [0.1, 0.15) is 24.0 Å². The molecule has 182 valence electrons. The lowest BCUT2D eigenvalue weighted by Gasteiger charge is -2.30. The van der Waals surface area contributed by atoms with Crippen molar-refractivity contribution in [2.24, 2.45) is 13.0 Å². The van der Waals surface area contributed by atoms with E-state index >= 15 is 0 Å². The molecule has 35 heavy (non-hydrogen) atoms. The van der Waals surface area contributed by atoms with Crippen LogP contribution in [0, 0.1) is 12.8 Å². The summed E-state index contributed by atoms with van der Waals surface area (Å²) in [5, 5.41) is 8.95. The van der Waals surface area contributed by atoms with Crippen LogP contribution < -0.4 is 5.43 Å². The van der Waals surface area contributed by atoms with E-state index in [0.29, 0.717) is 22.5 Å². The van der Waals surface area contributed by atoms with Gasteiger partial charge in [-0.1, -0.05) is 13.0 Å². The number of nitrogens with zero attached hydrogens (tertiary/aromatic N) is 5. The number of aryl methyl sites for hydroxylation is 2. The molecule has 0 bridgehead atoms. The lowest BCUT2D eigenvalue weighted by atomic mass is 9.83. The molecule has 0 spiro atoms. The largest absolute Gasteiger partial charge is 0.463 e. The Kier molecular flexibility index (Phi) is 6.05. The summed E-state index contributed by atoms with van der Waals surface area (Å²) in [6, 6.07) is 6.17. The van der Waals surface area contributed by atoms with Crippen LogP contribution in [0.25, 0.3) is 22.1 Å². The molecule has 3 aromatic heterocycles. The van der Waals surface area contributed by atoms with Crippen LogP contribution in [0.5, 0.6) is 0 Å². The highest BCUT2D eigenvalue weighted by Gasteiger charge is 2.29. The van der Waals surface area contributed by atoms with Crippen LogP contribution in [0.1, 0.15) is 56.1 Å². The van der Waals surface area contributed by atoms with Gasteiger partial charge in [-0.25, -0.2) is 0 Å². The van der Waals surface area contributed by atoms with E-state index in [0.717, 1.165) is 47.7 Å². The zero-order valence-corrected chi connectivity index (χ0v) is 21.2. The van der Waals surface area contributed by atoms with Crippen LogP contribution in [0.15, 0.2) is 52.4 Å². The second-order valence-electron chi connectivity index (χ2n) is 10.6. The van der Waals surface area contributed by atoms with Gasteiger partial charge in [-0.05, 0) is 74.9 Å². The van der Waals surface area contributed by atoms with Gasteiger partial charge < -0.3 is 8.98 Å². The summed E-state index contributed by atoms with van der Waals surface area (Å²) < 4.78 is 7.93. The average molecular weight is 472 g/mol. The number of fused-ring (bicyclic) bond motifs is 1. The van der Waals surface area contributed by atoms with Gasteiger partial charge in [0.2, 0.25) is 5.43 Å². The molecular weight excluding hydrogens is 438 g/mol. The topological polar surface area (TPSA) is 77.1 Å². The van der Waals surface area contributed by atoms with Crippen molar-refractivity contribution in [3.63, 3.8) is 0 Å². The minimum atomic E-state index is -0.430. The second kappa shape index (κ2) is 9.04. The molecule has 0 radical (unpaired) electrons. The number of piperidine rings is 1. The molecule has 4 heterocycles. The Morgan fingerprint density at radius 2 is 2.03 bits per heavy atom. The van der Waals surface area contributed by atoms with Crippen LogP contribution in [0.4, 0.5) is 0 Å². The van der Waals surface area contributed by atoms with Crippen LogP contribution >= 0.6 is 0 Å². The van der Waals surface area contributed by atoms with Crippen LogP contribution in [0.2, 0.25) is 0 Å². The fourth-order valence-electron chi connectivity index (χ4n) is 5.38. The first kappa shape index (κ1) is 23.4. The van der Waals surface area contributed by atoms with Gasteiger partial charge in [0, 0.05) is 38.1 Å². The number of aromatic nitrogens is 4. The van der Waals surface area contributed by atoms with Crippen molar-refractivity contribution in [1.29, 1.82) is 0 Å². The van der Waals surface area contributed by atoms with E-state index in [9.17, 15) is 4.79 Å². The molecule has 1 saturated heterocycles. The maximum atomic E-state index is 13.7. The van der Waals surface area contributed by atoms with Crippen molar-refractivity contribution < 1.29 is 4.42 Å². The van der Waals surface area contributed by atoms with Crippen molar-refractivity contribution in [1.82, 2.24) is 24.6 Å². The summed E-state index contributed by atoms with van der Waals surface area (Å²) >= 11 is 0. The van der Waals surface area contributed by atoms with E-state index in [1.807, 2.05) is 36.9 Å². The summed E-state index contributed by atoms with van der Waals surface area (Å²) in [4.78, 5) is 20.6. The highest BCUT2D eigenvalue weighted by atomic mass is 16.3. The van der Waals surface area contributed by atoms with Crippen molar-refractivity contribution >= 4 is 11.0 Å². The average Bonchev–Trinajstić information content (AvgIpc) is 3.27. The Labute approximate surface area is 205 Å². The van der Waals surface area contributed by atoms with Gasteiger partial charge in [-0.2, -0.15) is 0 Å². The number of pyridine rings is 1. The molecule has 1 aromatic carbocycles. The van der Waals surface area contributed by atoms with Crippen molar-refractivity contribution in [2.45, 2.75) is 52.5 Å². The van der Waals surface area contributed by atoms with E-state index in [-0.39, 0.29) is 5.43 Å². The number of hydrogen-bond donors (Lipinski definition) is 0. The molecule has 0 saturated carbocycles. The maximum absolute atomic E-state index is 13.7. The van der Waals surface area contributed by atoms with Crippen LogP contribution in [-0.4, -0.2) is 37.7 Å². The Morgan fingerprint density at radius 1 is 1.20 bits per heavy atom. The van der Waals surface area contributed by atoms with E-state index in [1.54, 1.807) is 18.8 Å². The first-order valence-corrected chi connectivity index (χ1v) is 12.3. The monoisotopic (exact) mass is 471 g/mol. The first-order chi connectivity index (χ1) is 16.7. The predicted octanol–water partition coefficient (Wildman–Crippen LogP) is 4.85. The lowest BCUT2D eigenvalue weighted by molar-refractivity contribution is 0.176. The smallest absolute Gasteiger partial charge is 0.200 e. The van der Waals surface area contributed by atoms with E-state index < -0.39 is 5.41 Å². The van der Waals surface area contributed by atoms with Gasteiger partial charge in [0.25, 0.3) is 0 Å². The molecule has 5 rings (SSSR count). The Balaban J connectivity index is 1.54. The third-order valence-electron chi connectivity index (χ3n) is 7.31. The third kappa shape index (κ3) is 4.41. The summed E-state index contributed by atoms with van der Waals surface area (Å²) in [5.41, 5.74) is 4.54. The number of benzene rings is 1. The molecule has 0 aliphatic carbocycles. The van der Waals surface area contributed by atoms with Crippen molar-refractivity contribution in [3.8, 4) is 11.1 Å². The highest BCUT2D eigenvalue weighted by Crippen LogP contribution is 2.32. The molecule has 1 atom stereocenters. The molecule has 1 aliphatic heterocycles. The van der Waals surface area contributed by atoms with Crippen molar-refractivity contribution in [2.75, 3.05) is 13.1 Å².